The van der Waals surface area contributed by atoms with Crippen molar-refractivity contribution in [1.29, 1.82) is 0 Å². The number of halogens is 2. The van der Waals surface area contributed by atoms with Crippen LogP contribution in [0.25, 0.3) is 0 Å². The molecule has 0 radical (unpaired) electrons. The summed E-state index contributed by atoms with van der Waals surface area (Å²) >= 11 is 12.1. The first kappa shape index (κ1) is 17.7. The fraction of sp³-hybridized carbons (Fsp3) is 0.333. The van der Waals surface area contributed by atoms with Crippen molar-refractivity contribution in [3.05, 3.63) is 55.7 Å². The fourth-order valence-corrected chi connectivity index (χ4v) is 3.14. The molecule has 1 aliphatic heterocycles. The van der Waals surface area contributed by atoms with E-state index >= 15 is 0 Å². The summed E-state index contributed by atoms with van der Waals surface area (Å²) in [5.41, 5.74) is 0.919. The lowest BCUT2D eigenvalue weighted by Gasteiger charge is -2.34. The molecule has 1 N–H and O–H groups in total. The van der Waals surface area contributed by atoms with Crippen LogP contribution in [-0.2, 0) is 6.54 Å². The molecule has 10 heteroatoms. The summed E-state index contributed by atoms with van der Waals surface area (Å²) in [7, 11) is 0. The number of nitrogens with one attached hydrogen (secondary N) is 1. The number of hydrogen-bond acceptors (Lipinski definition) is 5. The van der Waals surface area contributed by atoms with Gasteiger partial charge in [-0.25, -0.2) is 0 Å². The summed E-state index contributed by atoms with van der Waals surface area (Å²) in [6.07, 6.45) is 0. The summed E-state index contributed by atoms with van der Waals surface area (Å²) in [4.78, 5) is 26.3. The highest BCUT2D eigenvalue weighted by Gasteiger charge is 2.30. The van der Waals surface area contributed by atoms with Gasteiger partial charge >= 0.3 is 5.82 Å². The zero-order chi connectivity index (χ0) is 18.0. The van der Waals surface area contributed by atoms with Crippen LogP contribution < -0.4 is 0 Å². The summed E-state index contributed by atoms with van der Waals surface area (Å²) in [5.74, 6) is -0.880. The average Bonchev–Trinajstić information content (AvgIpc) is 2.99. The van der Waals surface area contributed by atoms with Gasteiger partial charge in [0.25, 0.3) is 5.91 Å². The SMILES string of the molecule is O=C(c1n[nH]c([N+](=O)[O-])c1Cl)N1CCN(Cc2ccccc2Cl)CC1. The first-order valence-electron chi connectivity index (χ1n) is 7.60. The number of rotatable bonds is 4. The quantitative estimate of drug-likeness (QED) is 0.646. The molecular weight excluding hydrogens is 369 g/mol. The number of hydrogen-bond donors (Lipinski definition) is 1. The van der Waals surface area contributed by atoms with Crippen molar-refractivity contribution >= 4 is 34.9 Å². The maximum atomic E-state index is 12.5. The molecular formula is C15H15Cl2N5O3. The van der Waals surface area contributed by atoms with Gasteiger partial charge in [-0.1, -0.05) is 46.5 Å². The van der Waals surface area contributed by atoms with Crippen molar-refractivity contribution in [3.63, 3.8) is 0 Å². The number of aromatic nitrogens is 2. The Bertz CT molecular complexity index is 802. The van der Waals surface area contributed by atoms with E-state index in [2.05, 4.69) is 15.1 Å². The molecule has 1 saturated heterocycles. The van der Waals surface area contributed by atoms with E-state index in [-0.39, 0.29) is 10.7 Å². The highest BCUT2D eigenvalue weighted by molar-refractivity contribution is 6.35. The van der Waals surface area contributed by atoms with Gasteiger partial charge in [0.05, 0.1) is 0 Å². The van der Waals surface area contributed by atoms with Gasteiger partial charge in [-0.05, 0) is 16.6 Å². The molecule has 2 aromatic rings. The standard InChI is InChI=1S/C15H15Cl2N5O3/c16-11-4-2-1-3-10(11)9-20-5-7-21(8-6-20)15(23)13-12(17)14(19-18-13)22(24)25/h1-4H,5-9H2,(H,18,19). The van der Waals surface area contributed by atoms with Gasteiger partial charge in [0.1, 0.15) is 0 Å². The number of piperazine rings is 1. The summed E-state index contributed by atoms with van der Waals surface area (Å²) in [6, 6.07) is 7.65. The lowest BCUT2D eigenvalue weighted by molar-refractivity contribution is -0.389. The molecule has 1 aromatic heterocycles. The number of carbonyl (C=O) groups is 1. The summed E-state index contributed by atoms with van der Waals surface area (Å²) in [6.45, 7) is 3.01. The minimum atomic E-state index is -0.701. The van der Waals surface area contributed by atoms with Crippen LogP contribution in [0.15, 0.2) is 24.3 Å². The Morgan fingerprint density at radius 3 is 2.52 bits per heavy atom. The van der Waals surface area contributed by atoms with Gasteiger partial charge in [-0.15, -0.1) is 5.10 Å². The molecule has 1 fully saturated rings. The molecule has 1 aromatic carbocycles. The molecule has 25 heavy (non-hydrogen) atoms. The Balaban J connectivity index is 1.61. The molecule has 1 amide bonds. The number of H-pyrrole nitrogens is 1. The van der Waals surface area contributed by atoms with E-state index in [1.54, 1.807) is 4.90 Å². The van der Waals surface area contributed by atoms with Gasteiger partial charge in [-0.3, -0.25) is 9.69 Å². The molecule has 0 spiro atoms. The van der Waals surface area contributed by atoms with E-state index in [0.717, 1.165) is 10.6 Å². The number of aromatic amines is 1. The second-order valence-corrected chi connectivity index (χ2v) is 6.44. The molecule has 8 nitrogen and oxygen atoms in total. The van der Waals surface area contributed by atoms with Gasteiger partial charge in [0.15, 0.2) is 10.7 Å². The molecule has 1 aliphatic rings. The van der Waals surface area contributed by atoms with E-state index < -0.39 is 16.6 Å². The van der Waals surface area contributed by atoms with Crippen LogP contribution in [0, 0.1) is 10.1 Å². The molecule has 0 aliphatic carbocycles. The smallest absolute Gasteiger partial charge is 0.358 e. The Hall–Kier alpha value is -2.16. The van der Waals surface area contributed by atoms with Crippen LogP contribution in [0.5, 0.6) is 0 Å². The Labute approximate surface area is 153 Å². The highest BCUT2D eigenvalue weighted by atomic mass is 35.5. The normalized spacial score (nSPS) is 15.4. The van der Waals surface area contributed by atoms with Gasteiger partial charge in [0, 0.05) is 37.7 Å². The lowest BCUT2D eigenvalue weighted by Crippen LogP contribution is -2.48. The van der Waals surface area contributed by atoms with Gasteiger partial charge in [0.2, 0.25) is 0 Å². The van der Waals surface area contributed by atoms with Crippen molar-refractivity contribution < 1.29 is 9.72 Å². The third kappa shape index (κ3) is 3.76. The first-order valence-corrected chi connectivity index (χ1v) is 8.36. The third-order valence-corrected chi connectivity index (χ3v) is 4.81. The van der Waals surface area contributed by atoms with E-state index in [1.807, 2.05) is 24.3 Å². The van der Waals surface area contributed by atoms with E-state index in [4.69, 9.17) is 23.2 Å². The molecule has 132 valence electrons. The van der Waals surface area contributed by atoms with Crippen LogP contribution in [0.2, 0.25) is 10.0 Å². The van der Waals surface area contributed by atoms with E-state index in [1.165, 1.54) is 0 Å². The maximum absolute atomic E-state index is 12.5. The zero-order valence-corrected chi connectivity index (χ0v) is 14.6. The van der Waals surface area contributed by atoms with E-state index in [0.29, 0.717) is 32.7 Å². The van der Waals surface area contributed by atoms with E-state index in [9.17, 15) is 14.9 Å². The monoisotopic (exact) mass is 383 g/mol. The Kier molecular flexibility index (Phi) is 5.22. The van der Waals surface area contributed by atoms with Crippen LogP contribution in [0.3, 0.4) is 0 Å². The van der Waals surface area contributed by atoms with Crippen molar-refractivity contribution in [1.82, 2.24) is 20.0 Å². The van der Waals surface area contributed by atoms with Crippen LogP contribution in [-0.4, -0.2) is 57.0 Å². The minimum Gasteiger partial charge on any atom is -0.358 e. The van der Waals surface area contributed by atoms with Gasteiger partial charge < -0.3 is 15.0 Å². The number of nitro groups is 1. The largest absolute Gasteiger partial charge is 0.362 e. The van der Waals surface area contributed by atoms with Crippen molar-refractivity contribution in [2.75, 3.05) is 26.2 Å². The predicted molar refractivity (Wildman–Crippen MR) is 92.9 cm³/mol. The molecule has 2 heterocycles. The number of carbonyl (C=O) groups excluding carboxylic acids is 1. The molecule has 0 saturated carbocycles. The number of benzene rings is 1. The van der Waals surface area contributed by atoms with Crippen molar-refractivity contribution in [2.24, 2.45) is 0 Å². The Morgan fingerprint density at radius 1 is 1.24 bits per heavy atom. The maximum Gasteiger partial charge on any atom is 0.362 e. The third-order valence-electron chi connectivity index (χ3n) is 4.09. The molecule has 0 unspecified atom stereocenters. The van der Waals surface area contributed by atoms with Crippen LogP contribution >= 0.6 is 23.2 Å². The van der Waals surface area contributed by atoms with Crippen molar-refractivity contribution in [2.45, 2.75) is 6.54 Å². The fourth-order valence-electron chi connectivity index (χ4n) is 2.71. The Morgan fingerprint density at radius 2 is 1.92 bits per heavy atom. The number of amides is 1. The van der Waals surface area contributed by atoms with Gasteiger partial charge in [-0.2, -0.15) is 0 Å². The second-order valence-electron chi connectivity index (χ2n) is 5.65. The molecule has 3 rings (SSSR count). The summed E-state index contributed by atoms with van der Waals surface area (Å²) < 4.78 is 0. The lowest BCUT2D eigenvalue weighted by atomic mass is 10.2. The topological polar surface area (TPSA) is 95.4 Å². The highest BCUT2D eigenvalue weighted by Crippen LogP contribution is 2.26. The van der Waals surface area contributed by atoms with Crippen molar-refractivity contribution in [3.8, 4) is 0 Å². The molecule has 0 bridgehead atoms. The predicted octanol–water partition coefficient (Wildman–Crippen LogP) is 2.58. The minimum absolute atomic E-state index is 0.118. The molecule has 0 atom stereocenters. The number of nitrogens with zero attached hydrogens (tertiary/aromatic N) is 4. The summed E-state index contributed by atoms with van der Waals surface area (Å²) in [5, 5.41) is 17.1. The zero-order valence-electron chi connectivity index (χ0n) is 13.1. The average molecular weight is 384 g/mol. The first-order chi connectivity index (χ1) is 12.0. The van der Waals surface area contributed by atoms with Crippen LogP contribution in [0.4, 0.5) is 5.82 Å². The second kappa shape index (κ2) is 7.38. The van der Waals surface area contributed by atoms with Crippen LogP contribution in [0.1, 0.15) is 16.1 Å².